The molecule has 1 atom stereocenters. The smallest absolute Gasteiger partial charge is 0.324 e. The summed E-state index contributed by atoms with van der Waals surface area (Å²) in [5.41, 5.74) is -2.41. The molecule has 1 aliphatic heterocycles. The van der Waals surface area contributed by atoms with Gasteiger partial charge >= 0.3 is 12.2 Å². The first-order chi connectivity index (χ1) is 14.6. The molecule has 1 saturated heterocycles. The molecular weight excluding hydrogens is 435 g/mol. The number of nitrogens with zero attached hydrogens (tertiary/aromatic N) is 1. The molecule has 1 unspecified atom stereocenters. The molecule has 164 valence electrons. The molecule has 1 fully saturated rings. The van der Waals surface area contributed by atoms with E-state index in [9.17, 15) is 27.6 Å². The monoisotopic (exact) mass is 453 g/mol. The van der Waals surface area contributed by atoms with Gasteiger partial charge in [0.05, 0.1) is 11.3 Å². The first-order valence-electron chi connectivity index (χ1n) is 9.44. The Hall–Kier alpha value is -3.07. The number of alkyl halides is 3. The third-order valence-electron chi connectivity index (χ3n) is 4.93. The van der Waals surface area contributed by atoms with Gasteiger partial charge in [-0.05, 0) is 30.2 Å². The van der Waals surface area contributed by atoms with Gasteiger partial charge in [0.2, 0.25) is 5.91 Å². The quantitative estimate of drug-likeness (QED) is 0.630. The van der Waals surface area contributed by atoms with E-state index >= 15 is 0 Å². The Balaban J connectivity index is 1.83. The molecule has 4 amide bonds. The van der Waals surface area contributed by atoms with Crippen molar-refractivity contribution in [1.82, 2.24) is 10.2 Å². The molecule has 1 heterocycles. The van der Waals surface area contributed by atoms with Crippen LogP contribution in [0.2, 0.25) is 5.02 Å². The molecule has 10 heteroatoms. The van der Waals surface area contributed by atoms with Crippen molar-refractivity contribution >= 4 is 35.1 Å². The molecule has 0 aromatic heterocycles. The van der Waals surface area contributed by atoms with Crippen molar-refractivity contribution in [2.45, 2.75) is 31.5 Å². The van der Waals surface area contributed by atoms with Crippen molar-refractivity contribution in [3.63, 3.8) is 0 Å². The second kappa shape index (κ2) is 8.58. The number of rotatable bonds is 6. The highest BCUT2D eigenvalue weighted by Crippen LogP contribution is 2.37. The highest BCUT2D eigenvalue weighted by Gasteiger charge is 2.52. The summed E-state index contributed by atoms with van der Waals surface area (Å²) < 4.78 is 39.7. The van der Waals surface area contributed by atoms with E-state index in [1.54, 1.807) is 30.3 Å². The first-order valence-corrected chi connectivity index (χ1v) is 9.82. The molecule has 0 aliphatic carbocycles. The predicted octanol–water partition coefficient (Wildman–Crippen LogP) is 4.54. The fraction of sp³-hybridized carbons (Fsp3) is 0.286. The normalized spacial score (nSPS) is 18.8. The number of imide groups is 1. The van der Waals surface area contributed by atoms with Crippen molar-refractivity contribution in [2.75, 3.05) is 11.9 Å². The van der Waals surface area contributed by atoms with Crippen LogP contribution in [-0.4, -0.2) is 29.3 Å². The second-order valence-corrected chi connectivity index (χ2v) is 7.52. The SMILES string of the molecule is CCCC1(c2ccccc2)NC(=O)N(CC(=O)Nc2ccc(Cl)cc2C(F)(F)F)C1=O. The highest BCUT2D eigenvalue weighted by atomic mass is 35.5. The van der Waals surface area contributed by atoms with Crippen molar-refractivity contribution in [3.8, 4) is 0 Å². The van der Waals surface area contributed by atoms with Crippen LogP contribution in [0.4, 0.5) is 23.7 Å². The van der Waals surface area contributed by atoms with Crippen molar-refractivity contribution < 1.29 is 27.6 Å². The summed E-state index contributed by atoms with van der Waals surface area (Å²) in [5, 5.41) is 4.63. The van der Waals surface area contributed by atoms with Gasteiger partial charge in [0.25, 0.3) is 5.91 Å². The molecule has 31 heavy (non-hydrogen) atoms. The molecule has 1 aliphatic rings. The Bertz CT molecular complexity index is 1010. The molecule has 0 bridgehead atoms. The molecule has 2 N–H and O–H groups in total. The molecular formula is C21H19ClF3N3O3. The maximum Gasteiger partial charge on any atom is 0.418 e. The number of nitrogens with one attached hydrogen (secondary N) is 2. The number of halogens is 4. The largest absolute Gasteiger partial charge is 0.418 e. The Kier molecular flexibility index (Phi) is 6.26. The molecule has 3 rings (SSSR count). The van der Waals surface area contributed by atoms with Gasteiger partial charge in [-0.2, -0.15) is 13.2 Å². The van der Waals surface area contributed by atoms with Gasteiger partial charge in [-0.1, -0.05) is 55.3 Å². The summed E-state index contributed by atoms with van der Waals surface area (Å²) >= 11 is 5.64. The molecule has 2 aromatic rings. The number of carbonyl (C=O) groups excluding carboxylic acids is 3. The predicted molar refractivity (Wildman–Crippen MR) is 108 cm³/mol. The topological polar surface area (TPSA) is 78.5 Å². The maximum absolute atomic E-state index is 13.2. The average molecular weight is 454 g/mol. The van der Waals surface area contributed by atoms with Gasteiger partial charge in [0.15, 0.2) is 0 Å². The van der Waals surface area contributed by atoms with Crippen molar-refractivity contribution in [1.29, 1.82) is 0 Å². The van der Waals surface area contributed by atoms with Crippen LogP contribution in [-0.2, 0) is 21.3 Å². The van der Waals surface area contributed by atoms with E-state index < -0.39 is 47.4 Å². The standard InChI is InChI=1S/C21H19ClF3N3O3/c1-2-10-20(13-6-4-3-5-7-13)18(30)28(19(31)27-20)12-17(29)26-16-9-8-14(22)11-15(16)21(23,24)25/h3-9,11H,2,10,12H2,1H3,(H,26,29)(H,27,31). The summed E-state index contributed by atoms with van der Waals surface area (Å²) in [5.74, 6) is -1.58. The first kappa shape index (κ1) is 22.6. The Morgan fingerprint density at radius 3 is 2.45 bits per heavy atom. The average Bonchev–Trinajstić information content (AvgIpc) is 2.94. The molecule has 6 nitrogen and oxygen atoms in total. The summed E-state index contributed by atoms with van der Waals surface area (Å²) in [6.07, 6.45) is -3.88. The van der Waals surface area contributed by atoms with Gasteiger partial charge < -0.3 is 10.6 Å². The van der Waals surface area contributed by atoms with Crippen LogP contribution in [0, 0.1) is 0 Å². The molecule has 0 saturated carbocycles. The number of carbonyl (C=O) groups is 3. The summed E-state index contributed by atoms with van der Waals surface area (Å²) in [6, 6.07) is 10.7. The Morgan fingerprint density at radius 1 is 1.16 bits per heavy atom. The number of urea groups is 1. The van der Waals surface area contributed by atoms with Gasteiger partial charge in [0.1, 0.15) is 12.1 Å². The molecule has 0 radical (unpaired) electrons. The van der Waals surface area contributed by atoms with Crippen molar-refractivity contribution in [2.24, 2.45) is 0 Å². The minimum atomic E-state index is -4.75. The lowest BCUT2D eigenvalue weighted by Crippen LogP contribution is -2.44. The maximum atomic E-state index is 13.2. The molecule has 2 aromatic carbocycles. The van der Waals surface area contributed by atoms with Gasteiger partial charge in [-0.15, -0.1) is 0 Å². The van der Waals surface area contributed by atoms with Crippen LogP contribution in [0.5, 0.6) is 0 Å². The van der Waals surface area contributed by atoms with Gasteiger partial charge in [0, 0.05) is 5.02 Å². The third kappa shape index (κ3) is 4.51. The minimum absolute atomic E-state index is 0.147. The summed E-state index contributed by atoms with van der Waals surface area (Å²) in [6.45, 7) is 1.11. The van der Waals surface area contributed by atoms with Crippen LogP contribution < -0.4 is 10.6 Å². The lowest BCUT2D eigenvalue weighted by atomic mass is 9.85. The number of benzene rings is 2. The van der Waals surface area contributed by atoms with Gasteiger partial charge in [-0.25, -0.2) is 4.79 Å². The zero-order chi connectivity index (χ0) is 22.8. The lowest BCUT2D eigenvalue weighted by Gasteiger charge is -2.26. The summed E-state index contributed by atoms with van der Waals surface area (Å²) in [7, 11) is 0. The van der Waals surface area contributed by atoms with Crippen LogP contribution >= 0.6 is 11.6 Å². The van der Waals surface area contributed by atoms with E-state index in [2.05, 4.69) is 10.6 Å². The van der Waals surface area contributed by atoms with E-state index in [-0.39, 0.29) is 5.02 Å². The van der Waals surface area contributed by atoms with E-state index in [0.29, 0.717) is 29.4 Å². The van der Waals surface area contributed by atoms with Crippen LogP contribution in [0.1, 0.15) is 30.9 Å². The van der Waals surface area contributed by atoms with E-state index in [1.807, 2.05) is 6.92 Å². The second-order valence-electron chi connectivity index (χ2n) is 7.08. The lowest BCUT2D eigenvalue weighted by molar-refractivity contribution is -0.137. The third-order valence-corrected chi connectivity index (χ3v) is 5.17. The summed E-state index contributed by atoms with van der Waals surface area (Å²) in [4.78, 5) is 38.8. The molecule has 0 spiro atoms. The zero-order valence-corrected chi connectivity index (χ0v) is 17.2. The fourth-order valence-electron chi connectivity index (χ4n) is 3.57. The Morgan fingerprint density at radius 2 is 1.84 bits per heavy atom. The number of anilines is 1. The van der Waals surface area contributed by atoms with E-state index in [0.717, 1.165) is 6.07 Å². The van der Waals surface area contributed by atoms with E-state index in [1.165, 1.54) is 6.07 Å². The van der Waals surface area contributed by atoms with E-state index in [4.69, 9.17) is 11.6 Å². The minimum Gasteiger partial charge on any atom is -0.324 e. The van der Waals surface area contributed by atoms with Crippen LogP contribution in [0.25, 0.3) is 0 Å². The number of hydrogen-bond donors (Lipinski definition) is 2. The van der Waals surface area contributed by atoms with Crippen molar-refractivity contribution in [3.05, 3.63) is 64.7 Å². The zero-order valence-electron chi connectivity index (χ0n) is 16.4. The van der Waals surface area contributed by atoms with Gasteiger partial charge in [-0.3, -0.25) is 14.5 Å². The highest BCUT2D eigenvalue weighted by molar-refractivity contribution is 6.30. The number of amides is 4. The number of hydrogen-bond acceptors (Lipinski definition) is 3. The fourth-order valence-corrected chi connectivity index (χ4v) is 3.74. The van der Waals surface area contributed by atoms with Crippen LogP contribution in [0.3, 0.4) is 0 Å². The van der Waals surface area contributed by atoms with Crippen LogP contribution in [0.15, 0.2) is 48.5 Å². The Labute approximate surface area is 181 Å².